The molecular formula is C44H39IrN3O-2. The van der Waals surface area contributed by atoms with Gasteiger partial charge in [0.1, 0.15) is 17.2 Å². The zero-order chi connectivity index (χ0) is 35.7. The van der Waals surface area contributed by atoms with Crippen molar-refractivity contribution < 1.29 is 27.3 Å². The molecule has 0 amide bonds. The first-order chi connectivity index (χ1) is 23.8. The predicted octanol–water partition coefficient (Wildman–Crippen LogP) is 11.4. The van der Waals surface area contributed by atoms with Crippen molar-refractivity contribution in [3.05, 3.63) is 144 Å². The minimum Gasteiger partial charge on any atom is -0.499 e. The van der Waals surface area contributed by atoms with Crippen molar-refractivity contribution in [1.82, 2.24) is 9.97 Å². The third kappa shape index (κ3) is 7.89. The van der Waals surface area contributed by atoms with Crippen LogP contribution in [0.1, 0.15) is 61.0 Å². The van der Waals surface area contributed by atoms with Gasteiger partial charge in [0, 0.05) is 46.2 Å². The van der Waals surface area contributed by atoms with Gasteiger partial charge in [-0.1, -0.05) is 126 Å². The normalized spacial score (nSPS) is 12.3. The minimum atomic E-state index is -1.67. The Hall–Kier alpha value is -4.88. The Labute approximate surface area is 306 Å². The van der Waals surface area contributed by atoms with Crippen LogP contribution >= 0.6 is 0 Å². The number of nitrogens with zero attached hydrogens (tertiary/aromatic N) is 3. The standard InChI is InChI=1S/C29H23N2O.C15H16N.Ir/c1-29(2,3)17-20-12-13-22(25-11-7-8-16-31-25)28-26(20)23-15-14-21(19-9-5-4-6-10-19)24(18-30)27(23)32-28;1-15(2,3)13-9-10-14(16-11-13)12-7-5-4-6-8-12;/h4-12,14-16H,17H2,1-3H3;4-7,9-11H,1-3H3;/q2*-1;/i17D2;;. The maximum atomic E-state index is 10.1. The summed E-state index contributed by atoms with van der Waals surface area (Å²) in [5, 5.41) is 11.5. The molecule has 0 aliphatic rings. The number of furan rings is 1. The molecule has 0 aliphatic carbocycles. The molecule has 7 aromatic rings. The van der Waals surface area contributed by atoms with Gasteiger partial charge in [-0.25, -0.2) is 0 Å². The van der Waals surface area contributed by atoms with Crippen LogP contribution in [-0.2, 0) is 31.9 Å². The van der Waals surface area contributed by atoms with Crippen molar-refractivity contribution in [1.29, 1.82) is 5.26 Å². The van der Waals surface area contributed by atoms with E-state index in [0.717, 1.165) is 22.4 Å². The predicted molar refractivity (Wildman–Crippen MR) is 196 cm³/mol. The Balaban J connectivity index is 0.000000249. The number of fused-ring (bicyclic) bond motifs is 3. The topological polar surface area (TPSA) is 62.7 Å². The third-order valence-electron chi connectivity index (χ3n) is 7.96. The van der Waals surface area contributed by atoms with Crippen LogP contribution in [0.25, 0.3) is 55.6 Å². The summed E-state index contributed by atoms with van der Waals surface area (Å²) < 4.78 is 24.4. The summed E-state index contributed by atoms with van der Waals surface area (Å²) >= 11 is 0. The summed E-state index contributed by atoms with van der Waals surface area (Å²) in [7, 11) is 0. The molecule has 7 rings (SSSR count). The van der Waals surface area contributed by atoms with E-state index in [1.165, 1.54) is 5.56 Å². The molecule has 247 valence electrons. The van der Waals surface area contributed by atoms with Crippen molar-refractivity contribution in [2.45, 2.75) is 53.3 Å². The van der Waals surface area contributed by atoms with Crippen LogP contribution in [0.15, 0.2) is 120 Å². The number of nitriles is 1. The number of hydrogen-bond donors (Lipinski definition) is 0. The van der Waals surface area contributed by atoms with E-state index in [1.807, 2.05) is 112 Å². The second kappa shape index (κ2) is 14.7. The molecule has 0 aliphatic heterocycles. The molecule has 5 heteroatoms. The van der Waals surface area contributed by atoms with Crippen LogP contribution in [0.4, 0.5) is 0 Å². The van der Waals surface area contributed by atoms with E-state index in [4.69, 9.17) is 7.16 Å². The molecule has 0 fully saturated rings. The van der Waals surface area contributed by atoms with E-state index in [-0.39, 0.29) is 25.5 Å². The van der Waals surface area contributed by atoms with Crippen LogP contribution in [0.5, 0.6) is 0 Å². The molecule has 0 saturated heterocycles. The van der Waals surface area contributed by atoms with Crippen molar-refractivity contribution in [3.8, 4) is 39.7 Å². The van der Waals surface area contributed by atoms with Crippen LogP contribution in [0.3, 0.4) is 0 Å². The Kier molecular flexibility index (Phi) is 9.80. The molecule has 1 radical (unpaired) electrons. The maximum Gasteiger partial charge on any atom is 0.139 e. The summed E-state index contributed by atoms with van der Waals surface area (Å²) in [6.45, 7) is 12.2. The maximum absolute atomic E-state index is 10.1. The number of benzene rings is 4. The smallest absolute Gasteiger partial charge is 0.139 e. The molecule has 4 nitrogen and oxygen atoms in total. The molecule has 0 bridgehead atoms. The summed E-state index contributed by atoms with van der Waals surface area (Å²) in [5.74, 6) is 0. The second-order valence-corrected chi connectivity index (χ2v) is 13.8. The summed E-state index contributed by atoms with van der Waals surface area (Å²) in [5.41, 5.74) is 7.63. The van der Waals surface area contributed by atoms with Gasteiger partial charge < -0.3 is 14.4 Å². The Morgan fingerprint density at radius 3 is 2.16 bits per heavy atom. The van der Waals surface area contributed by atoms with Crippen LogP contribution in [-0.4, -0.2) is 9.97 Å². The van der Waals surface area contributed by atoms with Crippen LogP contribution in [0, 0.1) is 28.9 Å². The zero-order valence-corrected chi connectivity index (χ0v) is 30.9. The molecule has 49 heavy (non-hydrogen) atoms. The first kappa shape index (κ1) is 32.7. The van der Waals surface area contributed by atoms with Gasteiger partial charge in [-0.15, -0.1) is 53.6 Å². The van der Waals surface area contributed by atoms with Crippen molar-refractivity contribution in [2.75, 3.05) is 0 Å². The van der Waals surface area contributed by atoms with Gasteiger partial charge in [-0.05, 0) is 39.4 Å². The molecule has 4 aromatic carbocycles. The average Bonchev–Trinajstić information content (AvgIpc) is 3.51. The van der Waals surface area contributed by atoms with E-state index in [2.05, 4.69) is 61.1 Å². The molecule has 3 aromatic heterocycles. The fraction of sp³-hybridized carbons (Fsp3) is 0.205. The van der Waals surface area contributed by atoms with E-state index in [1.54, 1.807) is 12.3 Å². The second-order valence-electron chi connectivity index (χ2n) is 13.8. The van der Waals surface area contributed by atoms with E-state index in [0.29, 0.717) is 44.3 Å². The van der Waals surface area contributed by atoms with E-state index < -0.39 is 11.8 Å². The Morgan fingerprint density at radius 1 is 0.796 bits per heavy atom. The number of rotatable bonds is 4. The summed E-state index contributed by atoms with van der Waals surface area (Å²) in [6, 6.07) is 41.7. The van der Waals surface area contributed by atoms with Gasteiger partial charge in [0.2, 0.25) is 0 Å². The SMILES string of the molecule is CC(C)(C)c1ccc(-c2[c-]cccc2)nc1.[2H]C([2H])(c1c[c-]c(-c2ccccn2)c2oc3c(C#N)c(-c4ccccc4)ccc3c12)C(C)(C)C.[Ir]. The fourth-order valence-corrected chi connectivity index (χ4v) is 5.61. The number of aromatic nitrogens is 2. The molecule has 0 spiro atoms. The number of hydrogen-bond acceptors (Lipinski definition) is 4. The van der Waals surface area contributed by atoms with Gasteiger partial charge >= 0.3 is 0 Å². The van der Waals surface area contributed by atoms with Crippen LogP contribution < -0.4 is 0 Å². The van der Waals surface area contributed by atoms with Crippen molar-refractivity contribution >= 4 is 21.9 Å². The van der Waals surface area contributed by atoms with E-state index >= 15 is 0 Å². The van der Waals surface area contributed by atoms with Crippen LogP contribution in [0.2, 0.25) is 0 Å². The molecule has 0 N–H and O–H groups in total. The number of pyridine rings is 2. The van der Waals surface area contributed by atoms with Gasteiger partial charge in [0.25, 0.3) is 0 Å². The third-order valence-corrected chi connectivity index (χ3v) is 7.96. The summed E-state index contributed by atoms with van der Waals surface area (Å²) in [6.07, 6.45) is 1.98. The largest absolute Gasteiger partial charge is 0.499 e. The monoisotopic (exact) mass is 820 g/mol. The molecule has 0 atom stereocenters. The van der Waals surface area contributed by atoms with Crippen molar-refractivity contribution in [3.63, 3.8) is 0 Å². The first-order valence-electron chi connectivity index (χ1n) is 17.1. The van der Waals surface area contributed by atoms with Gasteiger partial charge in [0.05, 0.1) is 5.58 Å². The zero-order valence-electron chi connectivity index (χ0n) is 30.6. The molecular weight excluding hydrogens is 779 g/mol. The Bertz CT molecular complexity index is 2300. The average molecular weight is 820 g/mol. The van der Waals surface area contributed by atoms with Gasteiger partial charge in [0.15, 0.2) is 0 Å². The minimum absolute atomic E-state index is 0. The van der Waals surface area contributed by atoms with Gasteiger partial charge in [-0.2, -0.15) is 5.26 Å². The quantitative estimate of drug-likeness (QED) is 0.166. The van der Waals surface area contributed by atoms with E-state index in [9.17, 15) is 5.26 Å². The fourth-order valence-electron chi connectivity index (χ4n) is 5.61. The Morgan fingerprint density at radius 2 is 1.55 bits per heavy atom. The first-order valence-corrected chi connectivity index (χ1v) is 16.1. The molecule has 0 saturated carbocycles. The molecule has 0 unspecified atom stereocenters. The van der Waals surface area contributed by atoms with Gasteiger partial charge in [-0.3, -0.25) is 0 Å². The van der Waals surface area contributed by atoms with Crippen molar-refractivity contribution in [2.24, 2.45) is 5.41 Å². The molecule has 3 heterocycles. The summed E-state index contributed by atoms with van der Waals surface area (Å²) in [4.78, 5) is 8.95.